The fraction of sp³-hybridized carbons (Fsp3) is 0.182. The van der Waals surface area contributed by atoms with E-state index in [0.717, 1.165) is 15.5 Å². The number of fused-ring (bicyclic) bond motifs is 1. The molecule has 0 aliphatic heterocycles. The second-order valence-corrected chi connectivity index (χ2v) is 9.12. The van der Waals surface area contributed by atoms with Crippen LogP contribution in [0, 0.1) is 0 Å². The molecule has 0 atom stereocenters. The molecule has 158 valence electrons. The van der Waals surface area contributed by atoms with Gasteiger partial charge in [0.25, 0.3) is 5.91 Å². The summed E-state index contributed by atoms with van der Waals surface area (Å²) < 4.78 is 1.82. The van der Waals surface area contributed by atoms with Gasteiger partial charge in [0, 0.05) is 10.9 Å². The number of nitrogens with two attached hydrogens (primary N) is 1. The van der Waals surface area contributed by atoms with Crippen LogP contribution in [0.2, 0.25) is 0 Å². The molecule has 0 aliphatic rings. The van der Waals surface area contributed by atoms with Crippen LogP contribution in [0.4, 0.5) is 5.69 Å². The predicted octanol–water partition coefficient (Wildman–Crippen LogP) is 4.57. The molecular weight excluding hydrogens is 430 g/mol. The number of carbonyl (C=O) groups is 2. The Bertz CT molecular complexity index is 1250. The highest BCUT2D eigenvalue weighted by molar-refractivity contribution is 8.00. The summed E-state index contributed by atoms with van der Waals surface area (Å²) in [5.74, 6) is -0.542. The van der Waals surface area contributed by atoms with Gasteiger partial charge in [-0.1, -0.05) is 18.2 Å². The molecule has 3 aromatic heterocycles. The van der Waals surface area contributed by atoms with Gasteiger partial charge in [-0.2, -0.15) is 5.10 Å². The van der Waals surface area contributed by atoms with Crippen molar-refractivity contribution < 1.29 is 9.59 Å². The predicted molar refractivity (Wildman–Crippen MR) is 126 cm³/mol. The smallest absolute Gasteiger partial charge is 0.256 e. The van der Waals surface area contributed by atoms with Gasteiger partial charge in [-0.3, -0.25) is 9.59 Å². The minimum absolute atomic E-state index is 0.102. The normalized spacial score (nSPS) is 11.2. The summed E-state index contributed by atoms with van der Waals surface area (Å²) in [6.07, 6.45) is 1.68. The van der Waals surface area contributed by atoms with Gasteiger partial charge in [-0.25, -0.2) is 9.67 Å². The van der Waals surface area contributed by atoms with Gasteiger partial charge in [0.05, 0.1) is 39.2 Å². The fourth-order valence-corrected chi connectivity index (χ4v) is 4.60. The second-order valence-electron chi connectivity index (χ2n) is 7.16. The number of carbonyl (C=O) groups excluding carboxylic acids is 2. The molecule has 31 heavy (non-hydrogen) atoms. The van der Waals surface area contributed by atoms with Gasteiger partial charge in [0.1, 0.15) is 0 Å². The fourth-order valence-electron chi connectivity index (χ4n) is 3.17. The van der Waals surface area contributed by atoms with Crippen LogP contribution in [0.15, 0.2) is 58.9 Å². The van der Waals surface area contributed by atoms with Crippen molar-refractivity contribution in [2.45, 2.75) is 24.8 Å². The zero-order chi connectivity index (χ0) is 22.0. The first-order valence-electron chi connectivity index (χ1n) is 9.67. The first kappa shape index (κ1) is 21.1. The summed E-state index contributed by atoms with van der Waals surface area (Å²) in [7, 11) is 0. The van der Waals surface area contributed by atoms with Gasteiger partial charge in [-0.15, -0.1) is 23.1 Å². The number of rotatable bonds is 7. The van der Waals surface area contributed by atoms with E-state index in [1.54, 1.807) is 29.7 Å². The number of pyridine rings is 1. The molecule has 0 unspecified atom stereocenters. The Morgan fingerprint density at radius 2 is 2.03 bits per heavy atom. The highest BCUT2D eigenvalue weighted by Gasteiger charge is 2.20. The summed E-state index contributed by atoms with van der Waals surface area (Å²) in [6, 6.07) is 13.2. The summed E-state index contributed by atoms with van der Waals surface area (Å²) in [6.45, 7) is 4.05. The van der Waals surface area contributed by atoms with Gasteiger partial charge in [-0.05, 0) is 43.5 Å². The van der Waals surface area contributed by atoms with Gasteiger partial charge in [0.15, 0.2) is 5.65 Å². The Morgan fingerprint density at radius 3 is 2.74 bits per heavy atom. The number of hydrogen-bond donors (Lipinski definition) is 2. The van der Waals surface area contributed by atoms with E-state index in [1.807, 2.05) is 54.2 Å². The second kappa shape index (κ2) is 8.91. The van der Waals surface area contributed by atoms with E-state index in [1.165, 1.54) is 11.8 Å². The number of thiophene rings is 1. The van der Waals surface area contributed by atoms with Crippen LogP contribution in [0.5, 0.6) is 0 Å². The van der Waals surface area contributed by atoms with Crippen molar-refractivity contribution in [2.24, 2.45) is 5.73 Å². The van der Waals surface area contributed by atoms with Crippen molar-refractivity contribution in [2.75, 3.05) is 11.1 Å². The number of para-hydroxylation sites is 1. The van der Waals surface area contributed by atoms with Crippen molar-refractivity contribution in [3.8, 4) is 10.6 Å². The van der Waals surface area contributed by atoms with Gasteiger partial charge >= 0.3 is 0 Å². The molecule has 7 nitrogen and oxygen atoms in total. The lowest BCUT2D eigenvalue weighted by molar-refractivity contribution is -0.115. The van der Waals surface area contributed by atoms with E-state index in [9.17, 15) is 9.59 Å². The Labute approximate surface area is 187 Å². The summed E-state index contributed by atoms with van der Waals surface area (Å²) in [5.41, 5.74) is 7.79. The van der Waals surface area contributed by atoms with Crippen molar-refractivity contribution in [3.05, 3.63) is 59.6 Å². The number of benzene rings is 1. The lowest BCUT2D eigenvalue weighted by atomic mass is 10.1. The zero-order valence-corrected chi connectivity index (χ0v) is 18.7. The standard InChI is InChI=1S/C22H21N5O2S2/c1-13(2)27-21-15(11-24-27)14(10-17(25-21)19-8-5-9-30-19)22(29)26-16-6-3-4-7-18(16)31-12-20(23)28/h3-11,13H,12H2,1-2H3,(H2,23,28)(H,26,29). The molecule has 0 aliphatic carbocycles. The molecular formula is C22H21N5O2S2. The third-order valence-corrected chi connectivity index (χ3v) is 6.57. The van der Waals surface area contributed by atoms with Crippen LogP contribution < -0.4 is 11.1 Å². The van der Waals surface area contributed by atoms with Gasteiger partial charge in [0.2, 0.25) is 5.91 Å². The number of anilines is 1. The SMILES string of the molecule is CC(C)n1ncc2c(C(=O)Nc3ccccc3SCC(N)=O)cc(-c3cccs3)nc21. The monoisotopic (exact) mass is 451 g/mol. The van der Waals surface area contributed by atoms with E-state index in [0.29, 0.717) is 22.3 Å². The Balaban J connectivity index is 1.76. The van der Waals surface area contributed by atoms with Crippen LogP contribution in [0.3, 0.4) is 0 Å². The highest BCUT2D eigenvalue weighted by atomic mass is 32.2. The molecule has 0 saturated carbocycles. The molecule has 4 rings (SSSR count). The van der Waals surface area contributed by atoms with Gasteiger partial charge < -0.3 is 11.1 Å². The number of primary amides is 1. The average Bonchev–Trinajstić information content (AvgIpc) is 3.42. The number of aromatic nitrogens is 3. The largest absolute Gasteiger partial charge is 0.369 e. The topological polar surface area (TPSA) is 103 Å². The molecule has 4 aromatic rings. The van der Waals surface area contributed by atoms with E-state index in [-0.39, 0.29) is 17.7 Å². The number of nitrogens with one attached hydrogen (secondary N) is 1. The maximum absolute atomic E-state index is 13.3. The maximum atomic E-state index is 13.3. The Kier molecular flexibility index (Phi) is 6.06. The third kappa shape index (κ3) is 4.47. The zero-order valence-electron chi connectivity index (χ0n) is 17.0. The summed E-state index contributed by atoms with van der Waals surface area (Å²) in [4.78, 5) is 31.1. The van der Waals surface area contributed by atoms with E-state index >= 15 is 0 Å². The molecule has 3 N–H and O–H groups in total. The van der Waals surface area contributed by atoms with Crippen LogP contribution >= 0.6 is 23.1 Å². The number of nitrogens with zero attached hydrogens (tertiary/aromatic N) is 3. The molecule has 0 saturated heterocycles. The average molecular weight is 452 g/mol. The number of thioether (sulfide) groups is 1. The van der Waals surface area contributed by atoms with Crippen molar-refractivity contribution in [1.29, 1.82) is 0 Å². The minimum Gasteiger partial charge on any atom is -0.369 e. The quantitative estimate of drug-likeness (QED) is 0.401. The molecule has 9 heteroatoms. The number of amides is 2. The van der Waals surface area contributed by atoms with Crippen molar-refractivity contribution in [3.63, 3.8) is 0 Å². The molecule has 0 bridgehead atoms. The van der Waals surface area contributed by atoms with Crippen LogP contribution in [0.1, 0.15) is 30.2 Å². The highest BCUT2D eigenvalue weighted by Crippen LogP contribution is 2.31. The summed E-state index contributed by atoms with van der Waals surface area (Å²) in [5, 5.41) is 10.1. The van der Waals surface area contributed by atoms with Crippen molar-refractivity contribution in [1.82, 2.24) is 14.8 Å². The van der Waals surface area contributed by atoms with Crippen LogP contribution in [0.25, 0.3) is 21.6 Å². The maximum Gasteiger partial charge on any atom is 0.256 e. The van der Waals surface area contributed by atoms with Crippen LogP contribution in [-0.4, -0.2) is 32.3 Å². The van der Waals surface area contributed by atoms with E-state index < -0.39 is 5.91 Å². The van der Waals surface area contributed by atoms with Crippen LogP contribution in [-0.2, 0) is 4.79 Å². The Hall–Kier alpha value is -3.17. The Morgan fingerprint density at radius 1 is 1.23 bits per heavy atom. The van der Waals surface area contributed by atoms with Crippen molar-refractivity contribution >= 4 is 51.6 Å². The first-order valence-corrected chi connectivity index (χ1v) is 11.5. The minimum atomic E-state index is -0.413. The molecule has 0 fully saturated rings. The molecule has 1 aromatic carbocycles. The lowest BCUT2D eigenvalue weighted by Crippen LogP contribution is -2.15. The number of hydrogen-bond acceptors (Lipinski definition) is 6. The summed E-state index contributed by atoms with van der Waals surface area (Å²) >= 11 is 2.86. The van der Waals surface area contributed by atoms with E-state index in [4.69, 9.17) is 10.7 Å². The third-order valence-electron chi connectivity index (χ3n) is 4.58. The molecule has 3 heterocycles. The van der Waals surface area contributed by atoms with E-state index in [2.05, 4.69) is 10.4 Å². The molecule has 2 amide bonds. The lowest BCUT2D eigenvalue weighted by Gasteiger charge is -2.12. The first-order chi connectivity index (χ1) is 14.9. The molecule has 0 spiro atoms. The molecule has 0 radical (unpaired) electrons.